The zero-order valence-electron chi connectivity index (χ0n) is 16.3. The number of carbonyl (C=O) groups excluding carboxylic acids is 1. The molecular weight excluding hydrogens is 398 g/mol. The zero-order valence-corrected chi connectivity index (χ0v) is 17.9. The molecule has 10 heteroatoms. The van der Waals surface area contributed by atoms with Crippen molar-refractivity contribution in [3.05, 3.63) is 35.0 Å². The van der Waals surface area contributed by atoms with Crippen molar-refractivity contribution in [1.29, 1.82) is 0 Å². The van der Waals surface area contributed by atoms with E-state index in [9.17, 15) is 13.2 Å². The third-order valence-electron chi connectivity index (χ3n) is 4.76. The summed E-state index contributed by atoms with van der Waals surface area (Å²) in [5.74, 6) is -0.0251. The number of nitrogens with zero attached hydrogens (tertiary/aromatic N) is 4. The summed E-state index contributed by atoms with van der Waals surface area (Å²) in [4.78, 5) is 14.2. The highest BCUT2D eigenvalue weighted by Crippen LogP contribution is 2.21. The first-order valence-electron chi connectivity index (χ1n) is 9.40. The van der Waals surface area contributed by atoms with Crippen molar-refractivity contribution in [3.8, 4) is 0 Å². The minimum atomic E-state index is -3.40. The van der Waals surface area contributed by atoms with Gasteiger partial charge in [-0.1, -0.05) is 6.07 Å². The second-order valence-corrected chi connectivity index (χ2v) is 10.1. The molecule has 0 aromatic carbocycles. The van der Waals surface area contributed by atoms with E-state index in [-0.39, 0.29) is 5.91 Å². The van der Waals surface area contributed by atoms with Crippen LogP contribution in [-0.4, -0.2) is 72.6 Å². The molecule has 1 aliphatic heterocycles. The van der Waals surface area contributed by atoms with Crippen LogP contribution < -0.4 is 5.32 Å². The molecule has 0 atom stereocenters. The van der Waals surface area contributed by atoms with Crippen LogP contribution in [0.4, 0.5) is 0 Å². The van der Waals surface area contributed by atoms with Gasteiger partial charge in [0.05, 0.1) is 12.2 Å². The second-order valence-electron chi connectivity index (χ2n) is 6.97. The van der Waals surface area contributed by atoms with E-state index >= 15 is 0 Å². The highest BCUT2D eigenvalue weighted by atomic mass is 32.2. The molecule has 0 radical (unpaired) electrons. The maximum atomic E-state index is 12.5. The summed E-state index contributed by atoms with van der Waals surface area (Å²) >= 11 is 1.23. The number of aromatic nitrogens is 2. The van der Waals surface area contributed by atoms with Crippen LogP contribution in [0.2, 0.25) is 0 Å². The summed E-state index contributed by atoms with van der Waals surface area (Å²) in [6.45, 7) is 7.61. The van der Waals surface area contributed by atoms with Gasteiger partial charge in [0.15, 0.2) is 0 Å². The lowest BCUT2D eigenvalue weighted by Gasteiger charge is -2.33. The van der Waals surface area contributed by atoms with Crippen molar-refractivity contribution >= 4 is 27.3 Å². The van der Waals surface area contributed by atoms with E-state index in [1.54, 1.807) is 17.5 Å². The number of thiophene rings is 1. The van der Waals surface area contributed by atoms with Crippen molar-refractivity contribution in [2.24, 2.45) is 0 Å². The number of hydrogen-bond donors (Lipinski definition) is 1. The Balaban J connectivity index is 1.36. The third-order valence-corrected chi connectivity index (χ3v) is 8.03. The van der Waals surface area contributed by atoms with Gasteiger partial charge in [-0.3, -0.25) is 14.4 Å². The van der Waals surface area contributed by atoms with E-state index in [1.807, 2.05) is 29.5 Å². The molecule has 3 rings (SSSR count). The van der Waals surface area contributed by atoms with Crippen LogP contribution in [0.5, 0.6) is 0 Å². The fourth-order valence-corrected chi connectivity index (χ4v) is 5.85. The molecule has 1 amide bonds. The van der Waals surface area contributed by atoms with Crippen LogP contribution in [-0.2, 0) is 21.4 Å². The SMILES string of the molecule is Cc1cc(C)n(CCCNC(=O)CN2CCN(S(=O)(=O)c3cccs3)CC2)n1. The van der Waals surface area contributed by atoms with E-state index < -0.39 is 10.0 Å². The predicted molar refractivity (Wildman–Crippen MR) is 109 cm³/mol. The van der Waals surface area contributed by atoms with Gasteiger partial charge in [-0.2, -0.15) is 9.40 Å². The number of amides is 1. The molecule has 0 spiro atoms. The molecule has 28 heavy (non-hydrogen) atoms. The van der Waals surface area contributed by atoms with Crippen LogP contribution in [0.3, 0.4) is 0 Å². The molecule has 2 aromatic rings. The number of carbonyl (C=O) groups is 1. The van der Waals surface area contributed by atoms with Gasteiger partial charge >= 0.3 is 0 Å². The molecule has 2 aromatic heterocycles. The summed E-state index contributed by atoms with van der Waals surface area (Å²) in [5, 5.41) is 9.11. The van der Waals surface area contributed by atoms with Gasteiger partial charge in [0.1, 0.15) is 4.21 Å². The third kappa shape index (κ3) is 5.19. The van der Waals surface area contributed by atoms with Crippen molar-refractivity contribution in [2.75, 3.05) is 39.3 Å². The van der Waals surface area contributed by atoms with Gasteiger partial charge < -0.3 is 5.32 Å². The van der Waals surface area contributed by atoms with Gasteiger partial charge in [0.25, 0.3) is 10.0 Å². The lowest BCUT2D eigenvalue weighted by Crippen LogP contribution is -2.51. The molecular formula is C18H27N5O3S2. The Labute approximate surface area is 170 Å². The molecule has 0 bridgehead atoms. The molecule has 154 valence electrons. The van der Waals surface area contributed by atoms with E-state index in [0.717, 1.165) is 24.4 Å². The summed E-state index contributed by atoms with van der Waals surface area (Å²) in [6.07, 6.45) is 0.820. The fourth-order valence-electron chi connectivity index (χ4n) is 3.28. The van der Waals surface area contributed by atoms with Crippen LogP contribution in [0.25, 0.3) is 0 Å². The average molecular weight is 426 g/mol. The largest absolute Gasteiger partial charge is 0.355 e. The fraction of sp³-hybridized carbons (Fsp3) is 0.556. The number of sulfonamides is 1. The maximum Gasteiger partial charge on any atom is 0.252 e. The molecule has 1 aliphatic rings. The highest BCUT2D eigenvalue weighted by Gasteiger charge is 2.29. The van der Waals surface area contributed by atoms with Gasteiger partial charge in [-0.15, -0.1) is 11.3 Å². The van der Waals surface area contributed by atoms with Crippen molar-refractivity contribution in [3.63, 3.8) is 0 Å². The Morgan fingerprint density at radius 3 is 2.61 bits per heavy atom. The summed E-state index contributed by atoms with van der Waals surface area (Å²) in [6, 6.07) is 5.41. The Morgan fingerprint density at radius 1 is 1.25 bits per heavy atom. The number of nitrogens with one attached hydrogen (secondary N) is 1. The van der Waals surface area contributed by atoms with Crippen molar-refractivity contribution < 1.29 is 13.2 Å². The quantitative estimate of drug-likeness (QED) is 0.640. The van der Waals surface area contributed by atoms with Gasteiger partial charge in [-0.25, -0.2) is 8.42 Å². The minimum absolute atomic E-state index is 0.0251. The maximum absolute atomic E-state index is 12.5. The second kappa shape index (κ2) is 9.17. The Kier molecular flexibility index (Phi) is 6.86. The predicted octanol–water partition coefficient (Wildman–Crippen LogP) is 1.07. The average Bonchev–Trinajstić information content (AvgIpc) is 3.29. The van der Waals surface area contributed by atoms with Gasteiger partial charge in [0, 0.05) is 45.0 Å². The molecule has 1 N–H and O–H groups in total. The normalized spacial score (nSPS) is 16.4. The van der Waals surface area contributed by atoms with Crippen LogP contribution in [0.1, 0.15) is 17.8 Å². The van der Waals surface area contributed by atoms with E-state index in [4.69, 9.17) is 0 Å². The van der Waals surface area contributed by atoms with E-state index in [1.165, 1.54) is 15.6 Å². The first-order chi connectivity index (χ1) is 13.4. The minimum Gasteiger partial charge on any atom is -0.355 e. The van der Waals surface area contributed by atoms with E-state index in [2.05, 4.69) is 10.4 Å². The lowest BCUT2D eigenvalue weighted by molar-refractivity contribution is -0.122. The molecule has 0 saturated carbocycles. The number of rotatable bonds is 8. The molecule has 3 heterocycles. The molecule has 1 fully saturated rings. The Bertz CT molecular complexity index is 884. The monoisotopic (exact) mass is 425 g/mol. The number of hydrogen-bond acceptors (Lipinski definition) is 6. The standard InChI is InChI=1S/C18H27N5O3S2/c1-15-13-16(2)23(20-15)7-4-6-19-17(24)14-21-8-10-22(11-9-21)28(25,26)18-5-3-12-27-18/h3,5,12-13H,4,6-11,14H2,1-2H3,(H,19,24). The lowest BCUT2D eigenvalue weighted by atomic mass is 10.3. The Hall–Kier alpha value is -1.75. The molecule has 1 saturated heterocycles. The summed E-state index contributed by atoms with van der Waals surface area (Å²) in [5.41, 5.74) is 2.13. The smallest absolute Gasteiger partial charge is 0.252 e. The topological polar surface area (TPSA) is 87.5 Å². The first kappa shape index (κ1) is 21.0. The van der Waals surface area contributed by atoms with E-state index in [0.29, 0.717) is 43.5 Å². The van der Waals surface area contributed by atoms with Crippen molar-refractivity contribution in [2.45, 2.75) is 31.0 Å². The highest BCUT2D eigenvalue weighted by molar-refractivity contribution is 7.91. The molecule has 0 unspecified atom stereocenters. The number of aryl methyl sites for hydroxylation is 3. The van der Waals surface area contributed by atoms with Crippen LogP contribution in [0, 0.1) is 13.8 Å². The summed E-state index contributed by atoms with van der Waals surface area (Å²) < 4.78 is 28.9. The van der Waals surface area contributed by atoms with Crippen LogP contribution >= 0.6 is 11.3 Å². The van der Waals surface area contributed by atoms with Gasteiger partial charge in [0.2, 0.25) is 5.91 Å². The first-order valence-corrected chi connectivity index (χ1v) is 11.7. The molecule has 0 aliphatic carbocycles. The van der Waals surface area contributed by atoms with Gasteiger partial charge in [-0.05, 0) is 37.8 Å². The number of piperazine rings is 1. The Morgan fingerprint density at radius 2 is 2.00 bits per heavy atom. The molecule has 8 nitrogen and oxygen atoms in total. The van der Waals surface area contributed by atoms with Crippen LogP contribution in [0.15, 0.2) is 27.8 Å². The van der Waals surface area contributed by atoms with Crippen molar-refractivity contribution in [1.82, 2.24) is 24.3 Å². The summed E-state index contributed by atoms with van der Waals surface area (Å²) in [7, 11) is -3.40. The zero-order chi connectivity index (χ0) is 20.1.